The van der Waals surface area contributed by atoms with Crippen LogP contribution in [0, 0.1) is 11.3 Å². The monoisotopic (exact) mass is 544 g/mol. The molecule has 0 spiro atoms. The number of nitrogens with zero attached hydrogens (tertiary/aromatic N) is 1. The van der Waals surface area contributed by atoms with E-state index in [9.17, 15) is 9.18 Å². The second-order valence-electron chi connectivity index (χ2n) is 10.1. The topological polar surface area (TPSA) is 91.4 Å². The zero-order valence-electron chi connectivity index (χ0n) is 23.1. The highest BCUT2D eigenvalue weighted by Gasteiger charge is 2.27. The van der Waals surface area contributed by atoms with Crippen LogP contribution in [-0.4, -0.2) is 50.6 Å². The molecule has 0 aliphatic heterocycles. The summed E-state index contributed by atoms with van der Waals surface area (Å²) in [6, 6.07) is 23.6. The van der Waals surface area contributed by atoms with Gasteiger partial charge in [-0.05, 0) is 70.9 Å². The molecule has 6 nitrogen and oxygen atoms in total. The summed E-state index contributed by atoms with van der Waals surface area (Å²) < 4.78 is 20.0. The van der Waals surface area contributed by atoms with Gasteiger partial charge in [-0.2, -0.15) is 4.39 Å². The second-order valence-corrected chi connectivity index (χ2v) is 10.1. The summed E-state index contributed by atoms with van der Waals surface area (Å²) in [6.07, 6.45) is 6.72. The average molecular weight is 545 g/mol. The molecule has 1 fully saturated rings. The van der Waals surface area contributed by atoms with Crippen LogP contribution in [0.3, 0.4) is 0 Å². The summed E-state index contributed by atoms with van der Waals surface area (Å²) in [5, 5.41) is 10.8. The number of likely N-dealkylation sites (N-methyl/N-ethyl adjacent to an activating group) is 1. The van der Waals surface area contributed by atoms with E-state index in [1.54, 1.807) is 38.4 Å². The van der Waals surface area contributed by atoms with E-state index in [0.717, 1.165) is 40.9 Å². The quantitative estimate of drug-likeness (QED) is 0.0806. The van der Waals surface area contributed by atoms with E-state index in [2.05, 4.69) is 17.4 Å². The number of amides is 1. The van der Waals surface area contributed by atoms with Gasteiger partial charge in [0.15, 0.2) is 0 Å². The molecule has 1 saturated carbocycles. The summed E-state index contributed by atoms with van der Waals surface area (Å²) in [6.45, 7) is 1.70. The number of carbonyl (C=O) groups is 1. The van der Waals surface area contributed by atoms with Gasteiger partial charge < -0.3 is 20.7 Å². The molecule has 0 unspecified atom stereocenters. The van der Waals surface area contributed by atoms with Crippen LogP contribution < -0.4 is 15.8 Å². The van der Waals surface area contributed by atoms with E-state index in [0.29, 0.717) is 25.6 Å². The number of hydrogen-bond donors (Lipinski definition) is 3. The molecule has 0 bridgehead atoms. The number of nitrogens with two attached hydrogens (primary N) is 1. The van der Waals surface area contributed by atoms with Crippen LogP contribution >= 0.6 is 0 Å². The molecule has 0 aromatic heterocycles. The van der Waals surface area contributed by atoms with Crippen LogP contribution in [0.4, 0.5) is 10.1 Å². The third kappa shape index (κ3) is 7.24. The molecule has 4 N–H and O–H groups in total. The Labute approximate surface area is 238 Å². The number of nitrogens with one attached hydrogen (secondary N) is 2. The van der Waals surface area contributed by atoms with Crippen LogP contribution in [-0.2, 0) is 4.79 Å². The fourth-order valence-corrected chi connectivity index (χ4v) is 4.73. The van der Waals surface area contributed by atoms with Gasteiger partial charge in [0.2, 0.25) is 11.9 Å². The van der Waals surface area contributed by atoms with E-state index in [4.69, 9.17) is 15.9 Å². The van der Waals surface area contributed by atoms with E-state index in [1.807, 2.05) is 48.5 Å². The number of benzene rings is 3. The van der Waals surface area contributed by atoms with Crippen LogP contribution in [0.15, 0.2) is 84.9 Å². The largest absolute Gasteiger partial charge is 0.492 e. The van der Waals surface area contributed by atoms with Crippen LogP contribution in [0.1, 0.15) is 44.4 Å². The van der Waals surface area contributed by atoms with Gasteiger partial charge in [0.1, 0.15) is 12.4 Å². The molecule has 0 atom stereocenters. The zero-order valence-corrected chi connectivity index (χ0v) is 23.1. The van der Waals surface area contributed by atoms with Gasteiger partial charge in [-0.25, -0.2) is 0 Å². The fraction of sp³-hybridized carbons (Fsp3) is 0.273. The smallest absolute Gasteiger partial charge is 0.245 e. The minimum Gasteiger partial charge on any atom is -0.492 e. The molecule has 4 rings (SSSR count). The van der Waals surface area contributed by atoms with Gasteiger partial charge in [-0.15, -0.1) is 0 Å². The van der Waals surface area contributed by atoms with Crippen molar-refractivity contribution >= 4 is 28.7 Å². The molecular weight excluding hydrogens is 503 g/mol. The first-order valence-electron chi connectivity index (χ1n) is 13.6. The molecule has 0 radical (unpaired) electrons. The molecule has 1 aliphatic carbocycles. The number of allylic oxidation sites excluding steroid dienone is 1. The first kappa shape index (κ1) is 28.8. The Morgan fingerprint density at radius 1 is 1.07 bits per heavy atom. The van der Waals surface area contributed by atoms with E-state index < -0.39 is 5.97 Å². The first-order chi connectivity index (χ1) is 19.3. The number of halogens is 1. The maximum absolute atomic E-state index is 14.1. The SMILES string of the molecule is CN(C)C(=O)/C=C/CNCCOc1ccc(/C(=C(\c2ccccc2)C2CCC2)c2ccc(N)c(C(=N)F)c2)cc1.[HH].[HH]. The van der Waals surface area contributed by atoms with Crippen molar-refractivity contribution in [2.24, 2.45) is 5.92 Å². The molecule has 1 amide bonds. The summed E-state index contributed by atoms with van der Waals surface area (Å²) in [5.41, 5.74) is 11.6. The van der Waals surface area contributed by atoms with Gasteiger partial charge in [-0.3, -0.25) is 10.2 Å². The predicted octanol–water partition coefficient (Wildman–Crippen LogP) is 6.43. The lowest BCUT2D eigenvalue weighted by Crippen LogP contribution is -2.22. The Morgan fingerprint density at radius 2 is 1.77 bits per heavy atom. The van der Waals surface area contributed by atoms with Crippen molar-refractivity contribution < 1.29 is 16.8 Å². The van der Waals surface area contributed by atoms with Gasteiger partial charge in [0.25, 0.3) is 0 Å². The Bertz CT molecular complexity index is 1390. The molecule has 0 saturated heterocycles. The lowest BCUT2D eigenvalue weighted by atomic mass is 9.73. The van der Waals surface area contributed by atoms with Crippen molar-refractivity contribution in [1.29, 1.82) is 5.41 Å². The minimum atomic E-state index is -1.04. The molecular formula is C33H41FN4O2. The normalized spacial score (nSPS) is 14.0. The number of carbonyl (C=O) groups excluding carboxylic acids is 1. The maximum atomic E-state index is 14.1. The molecule has 3 aromatic rings. The Morgan fingerprint density at radius 3 is 2.40 bits per heavy atom. The molecule has 7 heteroatoms. The van der Waals surface area contributed by atoms with Gasteiger partial charge in [-0.1, -0.05) is 61.0 Å². The van der Waals surface area contributed by atoms with Crippen molar-refractivity contribution in [3.63, 3.8) is 0 Å². The van der Waals surface area contributed by atoms with Crippen LogP contribution in [0.25, 0.3) is 11.1 Å². The standard InChI is InChI=1S/C33H37FN4O2.2H2/c1-38(2)30(39)12-7-19-37-20-21-40-27-16-13-25(14-17-27)32(26-15-18-29(35)28(22-26)33(34)36)31(24-10-6-11-24)23-8-4-3-5-9-23;;/h3-5,7-9,12-18,22,24,36-37H,6,10-11,19-21,35H2,1-2H3;2*1H/b12-7+,32-31-,36-33?;;. The molecule has 40 heavy (non-hydrogen) atoms. The lowest BCUT2D eigenvalue weighted by molar-refractivity contribution is -0.123. The van der Waals surface area contributed by atoms with Crippen molar-refractivity contribution in [3.8, 4) is 5.75 Å². The first-order valence-corrected chi connectivity index (χ1v) is 13.6. The summed E-state index contributed by atoms with van der Waals surface area (Å²) in [4.78, 5) is 13.1. The maximum Gasteiger partial charge on any atom is 0.245 e. The summed E-state index contributed by atoms with van der Waals surface area (Å²) in [5.74, 6) is 0.0576. The van der Waals surface area contributed by atoms with Gasteiger partial charge in [0.05, 0.1) is 5.56 Å². The zero-order chi connectivity index (χ0) is 28.5. The second kappa shape index (κ2) is 13.7. The third-order valence-corrected chi connectivity index (χ3v) is 7.10. The Balaban J connectivity index is 0.00000308. The molecule has 3 aromatic carbocycles. The number of anilines is 1. The van der Waals surface area contributed by atoms with Crippen LogP contribution in [0.5, 0.6) is 5.75 Å². The van der Waals surface area contributed by atoms with Gasteiger partial charge >= 0.3 is 0 Å². The highest BCUT2D eigenvalue weighted by Crippen LogP contribution is 2.45. The van der Waals surface area contributed by atoms with Crippen LogP contribution in [0.2, 0.25) is 0 Å². The fourth-order valence-electron chi connectivity index (χ4n) is 4.73. The Hall–Kier alpha value is -4.23. The van der Waals surface area contributed by atoms with Crippen molar-refractivity contribution in [1.82, 2.24) is 10.2 Å². The average Bonchev–Trinajstić information content (AvgIpc) is 2.92. The number of ether oxygens (including phenoxy) is 1. The van der Waals surface area contributed by atoms with Gasteiger partial charge in [0, 0.05) is 41.8 Å². The highest BCUT2D eigenvalue weighted by molar-refractivity contribution is 6.03. The highest BCUT2D eigenvalue weighted by atomic mass is 19.1. The van der Waals surface area contributed by atoms with Crippen molar-refractivity contribution in [3.05, 3.63) is 107 Å². The number of nitrogen functional groups attached to an aromatic ring is 1. The number of rotatable bonds is 12. The third-order valence-electron chi connectivity index (χ3n) is 7.10. The molecule has 0 heterocycles. The summed E-state index contributed by atoms with van der Waals surface area (Å²) >= 11 is 0. The molecule has 212 valence electrons. The van der Waals surface area contributed by atoms with E-state index >= 15 is 0 Å². The summed E-state index contributed by atoms with van der Waals surface area (Å²) in [7, 11) is 3.44. The lowest BCUT2D eigenvalue weighted by Gasteiger charge is -2.31. The van der Waals surface area contributed by atoms with Crippen molar-refractivity contribution in [2.75, 3.05) is 39.5 Å². The number of hydrogen-bond acceptors (Lipinski definition) is 5. The van der Waals surface area contributed by atoms with E-state index in [-0.39, 0.29) is 20.0 Å². The predicted molar refractivity (Wildman–Crippen MR) is 165 cm³/mol. The Kier molecular flexibility index (Phi) is 9.86. The van der Waals surface area contributed by atoms with E-state index in [1.165, 1.54) is 16.9 Å². The van der Waals surface area contributed by atoms with Crippen molar-refractivity contribution in [2.45, 2.75) is 19.3 Å². The minimum absolute atomic E-state index is 0. The molecule has 1 aliphatic rings.